The van der Waals surface area contributed by atoms with E-state index >= 15 is 0 Å². The van der Waals surface area contributed by atoms with Crippen molar-refractivity contribution in [2.24, 2.45) is 0 Å². The number of aromatic nitrogens is 3. The van der Waals surface area contributed by atoms with Crippen LogP contribution in [0.2, 0.25) is 0 Å². The zero-order valence-corrected chi connectivity index (χ0v) is 4.73. The molecule has 3 nitrogen and oxygen atoms in total. The predicted octanol–water partition coefficient (Wildman–Crippen LogP) is 1.37. The molecule has 0 aliphatic heterocycles. The van der Waals surface area contributed by atoms with Gasteiger partial charge in [-0.15, -0.1) is 10.2 Å². The van der Waals surface area contributed by atoms with Gasteiger partial charge in [0.25, 0.3) is 0 Å². The van der Waals surface area contributed by atoms with E-state index in [1.165, 1.54) is 0 Å². The first-order chi connectivity index (χ1) is 4.47. The third-order valence-electron chi connectivity index (χ3n) is 1.20. The Morgan fingerprint density at radius 3 is 3.00 bits per heavy atom. The lowest BCUT2D eigenvalue weighted by atomic mass is 10.5. The summed E-state index contributed by atoms with van der Waals surface area (Å²) >= 11 is 0. The minimum absolute atomic E-state index is 0. The molecule has 0 unspecified atom stereocenters. The molecular weight excluding hydrogens is 126 g/mol. The highest BCUT2D eigenvalue weighted by molar-refractivity contribution is 5.34. The average molecular weight is 135 g/mol. The summed E-state index contributed by atoms with van der Waals surface area (Å²) in [5, 5.41) is 7.55. The van der Waals surface area contributed by atoms with Crippen LogP contribution < -0.4 is 0 Å². The highest BCUT2D eigenvalue weighted by Gasteiger charge is 1.87. The summed E-state index contributed by atoms with van der Waals surface area (Å²) in [6.45, 7) is 0. The Hall–Kier alpha value is -1.38. The molecule has 0 aliphatic rings. The zero-order chi connectivity index (χ0) is 6.10. The lowest BCUT2D eigenvalue weighted by Gasteiger charge is -1.84. The fraction of sp³-hybridized carbons (Fsp3) is 0.143. The molecule has 0 atom stereocenters. The van der Waals surface area contributed by atoms with E-state index in [0.717, 1.165) is 5.65 Å². The number of pyridine rings is 1. The van der Waals surface area contributed by atoms with Crippen LogP contribution in [0, 0.1) is 0 Å². The molecule has 52 valence electrons. The third kappa shape index (κ3) is 0.857. The first-order valence-corrected chi connectivity index (χ1v) is 2.71. The second-order valence-corrected chi connectivity index (χ2v) is 1.80. The van der Waals surface area contributed by atoms with Gasteiger partial charge in [-0.1, -0.05) is 13.5 Å². The quantitative estimate of drug-likeness (QED) is 0.546. The minimum Gasteiger partial charge on any atom is -0.289 e. The van der Waals surface area contributed by atoms with E-state index in [9.17, 15) is 0 Å². The van der Waals surface area contributed by atoms with Crippen molar-refractivity contribution in [1.29, 1.82) is 0 Å². The maximum atomic E-state index is 3.83. The number of hydrogen-bond donors (Lipinski definition) is 0. The van der Waals surface area contributed by atoms with Crippen LogP contribution in [-0.4, -0.2) is 14.6 Å². The van der Waals surface area contributed by atoms with Gasteiger partial charge in [0, 0.05) is 6.20 Å². The largest absolute Gasteiger partial charge is 0.289 e. The molecule has 2 rings (SSSR count). The maximum absolute atomic E-state index is 3.83. The summed E-state index contributed by atoms with van der Waals surface area (Å²) in [6.07, 6.45) is 3.59. The summed E-state index contributed by atoms with van der Waals surface area (Å²) in [5.74, 6) is 0. The van der Waals surface area contributed by atoms with Gasteiger partial charge in [-0.25, -0.2) is 0 Å². The van der Waals surface area contributed by atoms with Crippen LogP contribution in [-0.2, 0) is 0 Å². The summed E-state index contributed by atoms with van der Waals surface area (Å²) < 4.78 is 1.86. The van der Waals surface area contributed by atoms with E-state index in [4.69, 9.17) is 0 Å². The van der Waals surface area contributed by atoms with E-state index in [-0.39, 0.29) is 7.43 Å². The standard InChI is InChI=1S/C6H5N3.CH4/c1-2-4-9-5-7-8-6(9)3-1;/h1-5H;1H4. The van der Waals surface area contributed by atoms with Gasteiger partial charge in [0.2, 0.25) is 0 Å². The van der Waals surface area contributed by atoms with Crippen LogP contribution >= 0.6 is 0 Å². The zero-order valence-electron chi connectivity index (χ0n) is 4.73. The van der Waals surface area contributed by atoms with Crippen molar-refractivity contribution in [3.8, 4) is 0 Å². The molecule has 0 amide bonds. The second-order valence-electron chi connectivity index (χ2n) is 1.80. The summed E-state index contributed by atoms with van der Waals surface area (Å²) in [7, 11) is 0. The van der Waals surface area contributed by atoms with E-state index < -0.39 is 0 Å². The fourth-order valence-corrected chi connectivity index (χ4v) is 0.770. The molecular formula is C7H9N3. The van der Waals surface area contributed by atoms with Crippen LogP contribution in [0.15, 0.2) is 30.7 Å². The molecule has 2 aromatic heterocycles. The molecule has 0 spiro atoms. The molecule has 0 radical (unpaired) electrons. The molecule has 0 N–H and O–H groups in total. The summed E-state index contributed by atoms with van der Waals surface area (Å²) in [5.41, 5.74) is 0.887. The maximum Gasteiger partial charge on any atom is 0.160 e. The molecule has 0 aliphatic carbocycles. The Bertz CT molecular complexity index is 283. The lowest BCUT2D eigenvalue weighted by molar-refractivity contribution is 1.10. The van der Waals surface area contributed by atoms with Gasteiger partial charge in [-0.3, -0.25) is 4.40 Å². The first kappa shape index (κ1) is 6.74. The highest BCUT2D eigenvalue weighted by atomic mass is 15.2. The molecule has 0 aromatic carbocycles. The average Bonchev–Trinajstić information content (AvgIpc) is 2.33. The van der Waals surface area contributed by atoms with Gasteiger partial charge in [-0.2, -0.15) is 0 Å². The minimum atomic E-state index is 0. The molecule has 3 heteroatoms. The number of fused-ring (bicyclic) bond motifs is 1. The third-order valence-corrected chi connectivity index (χ3v) is 1.20. The summed E-state index contributed by atoms with van der Waals surface area (Å²) in [4.78, 5) is 0. The SMILES string of the molecule is C.c1ccn2cnnc2c1. The smallest absolute Gasteiger partial charge is 0.160 e. The van der Waals surface area contributed by atoms with Crippen molar-refractivity contribution in [3.63, 3.8) is 0 Å². The Kier molecular flexibility index (Phi) is 1.67. The molecule has 10 heavy (non-hydrogen) atoms. The molecule has 0 saturated heterocycles. The Labute approximate surface area is 59.3 Å². The molecule has 0 saturated carbocycles. The van der Waals surface area contributed by atoms with Crippen molar-refractivity contribution in [3.05, 3.63) is 30.7 Å². The number of rotatable bonds is 0. The number of hydrogen-bond acceptors (Lipinski definition) is 2. The second kappa shape index (κ2) is 2.47. The van der Waals surface area contributed by atoms with E-state index in [0.29, 0.717) is 0 Å². The highest BCUT2D eigenvalue weighted by Crippen LogP contribution is 1.94. The molecule has 2 aromatic rings. The van der Waals surface area contributed by atoms with Crippen molar-refractivity contribution in [1.82, 2.24) is 14.6 Å². The van der Waals surface area contributed by atoms with Crippen LogP contribution in [0.1, 0.15) is 7.43 Å². The predicted molar refractivity (Wildman–Crippen MR) is 39.7 cm³/mol. The van der Waals surface area contributed by atoms with Gasteiger partial charge < -0.3 is 0 Å². The van der Waals surface area contributed by atoms with Crippen LogP contribution in [0.3, 0.4) is 0 Å². The van der Waals surface area contributed by atoms with Crippen LogP contribution in [0.5, 0.6) is 0 Å². The van der Waals surface area contributed by atoms with E-state index in [1.54, 1.807) is 6.33 Å². The van der Waals surface area contributed by atoms with Crippen molar-refractivity contribution in [2.45, 2.75) is 7.43 Å². The van der Waals surface area contributed by atoms with Crippen molar-refractivity contribution >= 4 is 5.65 Å². The summed E-state index contributed by atoms with van der Waals surface area (Å²) in [6, 6.07) is 5.79. The number of nitrogens with zero attached hydrogens (tertiary/aromatic N) is 3. The van der Waals surface area contributed by atoms with E-state index in [2.05, 4.69) is 10.2 Å². The van der Waals surface area contributed by atoms with Gasteiger partial charge >= 0.3 is 0 Å². The fourth-order valence-electron chi connectivity index (χ4n) is 0.770. The van der Waals surface area contributed by atoms with E-state index in [1.807, 2.05) is 28.8 Å². The van der Waals surface area contributed by atoms with Crippen LogP contribution in [0.4, 0.5) is 0 Å². The Morgan fingerprint density at radius 1 is 1.30 bits per heavy atom. The monoisotopic (exact) mass is 135 g/mol. The molecule has 0 bridgehead atoms. The van der Waals surface area contributed by atoms with Crippen molar-refractivity contribution in [2.75, 3.05) is 0 Å². The first-order valence-electron chi connectivity index (χ1n) is 2.71. The Balaban J connectivity index is 0.000000500. The van der Waals surface area contributed by atoms with Crippen LogP contribution in [0.25, 0.3) is 5.65 Å². The normalized spacial score (nSPS) is 9.20. The van der Waals surface area contributed by atoms with Crippen molar-refractivity contribution < 1.29 is 0 Å². The van der Waals surface area contributed by atoms with Gasteiger partial charge in [-0.05, 0) is 12.1 Å². The molecule has 2 heterocycles. The topological polar surface area (TPSA) is 30.2 Å². The van der Waals surface area contributed by atoms with Gasteiger partial charge in [0.05, 0.1) is 0 Å². The molecule has 0 fully saturated rings. The van der Waals surface area contributed by atoms with Gasteiger partial charge in [0.1, 0.15) is 6.33 Å². The lowest BCUT2D eigenvalue weighted by Crippen LogP contribution is -1.77. The van der Waals surface area contributed by atoms with Gasteiger partial charge in [0.15, 0.2) is 5.65 Å². The Morgan fingerprint density at radius 2 is 2.20 bits per heavy atom.